The zero-order chi connectivity index (χ0) is 16.8. The third-order valence-corrected chi connectivity index (χ3v) is 6.62. The van der Waals surface area contributed by atoms with E-state index in [0.29, 0.717) is 22.2 Å². The van der Waals surface area contributed by atoms with Crippen LogP contribution in [0.2, 0.25) is 0 Å². The van der Waals surface area contributed by atoms with Crippen molar-refractivity contribution in [3.05, 3.63) is 0 Å². The number of hydrogen-bond acceptors (Lipinski definition) is 2. The molecule has 0 aromatic heterocycles. The molecule has 22 heavy (non-hydrogen) atoms. The molecule has 0 bridgehead atoms. The molecule has 0 aliphatic carbocycles. The third-order valence-electron chi connectivity index (χ3n) is 6.62. The van der Waals surface area contributed by atoms with Crippen molar-refractivity contribution in [2.75, 3.05) is 13.1 Å². The van der Waals surface area contributed by atoms with Gasteiger partial charge in [0, 0.05) is 35.2 Å². The van der Waals surface area contributed by atoms with Gasteiger partial charge in [-0.2, -0.15) is 0 Å². The Balaban J connectivity index is 2.12. The van der Waals surface area contributed by atoms with Crippen LogP contribution in [0.1, 0.15) is 93.9 Å². The first-order chi connectivity index (χ1) is 9.89. The van der Waals surface area contributed by atoms with E-state index in [-0.39, 0.29) is 0 Å². The van der Waals surface area contributed by atoms with E-state index in [2.05, 4.69) is 65.2 Å². The summed E-state index contributed by atoms with van der Waals surface area (Å²) in [5, 5.41) is 0. The molecule has 2 saturated heterocycles. The largest absolute Gasteiger partial charge is 0.292 e. The Labute approximate surface area is 139 Å². The average molecular weight is 309 g/mol. The molecule has 0 N–H and O–H groups in total. The highest BCUT2D eigenvalue weighted by Gasteiger charge is 2.44. The fourth-order valence-corrected chi connectivity index (χ4v) is 5.50. The van der Waals surface area contributed by atoms with Crippen molar-refractivity contribution < 1.29 is 0 Å². The molecule has 0 aromatic carbocycles. The molecule has 2 fully saturated rings. The lowest BCUT2D eigenvalue weighted by atomic mass is 9.78. The fraction of sp³-hybridized carbons (Fsp3) is 1.00. The number of nitrogens with zero attached hydrogens (tertiary/aromatic N) is 2. The highest BCUT2D eigenvalue weighted by atomic mass is 15.3. The lowest BCUT2D eigenvalue weighted by Gasteiger charge is -2.57. The SMILES string of the molecule is CC1(C)CCCC(C)(C)N1CCN1C(C)(C)CCCC1(C)C. The minimum atomic E-state index is 0.339. The molecule has 0 spiro atoms. The van der Waals surface area contributed by atoms with E-state index in [0.717, 1.165) is 0 Å². The van der Waals surface area contributed by atoms with E-state index in [4.69, 9.17) is 0 Å². The Morgan fingerprint density at radius 1 is 0.500 bits per heavy atom. The first-order valence-electron chi connectivity index (χ1n) is 9.44. The molecule has 2 rings (SSSR count). The summed E-state index contributed by atoms with van der Waals surface area (Å²) in [4.78, 5) is 5.59. The number of piperidine rings is 2. The van der Waals surface area contributed by atoms with Gasteiger partial charge in [0.15, 0.2) is 0 Å². The van der Waals surface area contributed by atoms with Crippen LogP contribution in [0.3, 0.4) is 0 Å². The molecule has 2 nitrogen and oxygen atoms in total. The van der Waals surface area contributed by atoms with Crippen molar-refractivity contribution >= 4 is 0 Å². The molecule has 0 saturated carbocycles. The summed E-state index contributed by atoms with van der Waals surface area (Å²) in [6.07, 6.45) is 8.09. The van der Waals surface area contributed by atoms with Gasteiger partial charge in [-0.1, -0.05) is 0 Å². The third kappa shape index (κ3) is 3.53. The van der Waals surface area contributed by atoms with Crippen molar-refractivity contribution in [1.82, 2.24) is 9.80 Å². The zero-order valence-corrected chi connectivity index (χ0v) is 16.6. The maximum Gasteiger partial charge on any atom is 0.0159 e. The quantitative estimate of drug-likeness (QED) is 0.718. The van der Waals surface area contributed by atoms with Gasteiger partial charge in [-0.05, 0) is 93.9 Å². The van der Waals surface area contributed by atoms with E-state index >= 15 is 0 Å². The molecule has 2 aliphatic rings. The van der Waals surface area contributed by atoms with Crippen LogP contribution in [0, 0.1) is 0 Å². The first kappa shape index (κ1) is 18.3. The Morgan fingerprint density at radius 2 is 0.727 bits per heavy atom. The van der Waals surface area contributed by atoms with E-state index in [9.17, 15) is 0 Å². The summed E-state index contributed by atoms with van der Waals surface area (Å²) < 4.78 is 0. The second-order valence-corrected chi connectivity index (χ2v) is 10.3. The normalized spacial score (nSPS) is 31.1. The van der Waals surface area contributed by atoms with Gasteiger partial charge >= 0.3 is 0 Å². The Bertz CT molecular complexity index is 323. The Morgan fingerprint density at radius 3 is 0.955 bits per heavy atom. The number of hydrogen-bond donors (Lipinski definition) is 0. The molecule has 2 heteroatoms. The number of rotatable bonds is 3. The molecule has 0 aromatic rings. The van der Waals surface area contributed by atoms with Gasteiger partial charge in [0.2, 0.25) is 0 Å². The second-order valence-electron chi connectivity index (χ2n) is 10.3. The lowest BCUT2D eigenvalue weighted by molar-refractivity contribution is -0.0696. The van der Waals surface area contributed by atoms with Crippen LogP contribution in [0.5, 0.6) is 0 Å². The predicted octanol–water partition coefficient (Wildman–Crippen LogP) is 5.07. The molecular formula is C20H40N2. The molecule has 0 amide bonds. The summed E-state index contributed by atoms with van der Waals surface area (Å²) in [6, 6.07) is 0. The minimum absolute atomic E-state index is 0.339. The second kappa shape index (κ2) is 5.77. The van der Waals surface area contributed by atoms with E-state index in [1.807, 2.05) is 0 Å². The molecule has 0 radical (unpaired) electrons. The van der Waals surface area contributed by atoms with Crippen molar-refractivity contribution in [3.8, 4) is 0 Å². The maximum atomic E-state index is 2.80. The van der Waals surface area contributed by atoms with Gasteiger partial charge in [-0.25, -0.2) is 0 Å². The summed E-state index contributed by atoms with van der Waals surface area (Å²) in [7, 11) is 0. The maximum absolute atomic E-state index is 2.80. The molecular weight excluding hydrogens is 268 g/mol. The van der Waals surface area contributed by atoms with Gasteiger partial charge < -0.3 is 0 Å². The highest BCUT2D eigenvalue weighted by molar-refractivity contribution is 5.00. The smallest absolute Gasteiger partial charge is 0.0159 e. The molecule has 0 unspecified atom stereocenters. The van der Waals surface area contributed by atoms with E-state index < -0.39 is 0 Å². The van der Waals surface area contributed by atoms with Crippen LogP contribution >= 0.6 is 0 Å². The molecule has 130 valence electrons. The molecule has 2 heterocycles. The highest BCUT2D eigenvalue weighted by Crippen LogP contribution is 2.40. The van der Waals surface area contributed by atoms with Gasteiger partial charge in [-0.3, -0.25) is 9.80 Å². The van der Waals surface area contributed by atoms with Gasteiger partial charge in [0.25, 0.3) is 0 Å². The van der Waals surface area contributed by atoms with Crippen LogP contribution in [0.15, 0.2) is 0 Å². The van der Waals surface area contributed by atoms with Crippen LogP contribution in [-0.2, 0) is 0 Å². The van der Waals surface area contributed by atoms with Crippen LogP contribution in [-0.4, -0.2) is 45.0 Å². The van der Waals surface area contributed by atoms with E-state index in [1.54, 1.807) is 0 Å². The van der Waals surface area contributed by atoms with Gasteiger partial charge in [0.05, 0.1) is 0 Å². The van der Waals surface area contributed by atoms with Gasteiger partial charge in [-0.15, -0.1) is 0 Å². The monoisotopic (exact) mass is 308 g/mol. The summed E-state index contributed by atoms with van der Waals surface area (Å²) in [5.74, 6) is 0. The zero-order valence-electron chi connectivity index (χ0n) is 16.6. The average Bonchev–Trinajstić information content (AvgIpc) is 2.29. The predicted molar refractivity (Wildman–Crippen MR) is 97.4 cm³/mol. The minimum Gasteiger partial charge on any atom is -0.292 e. The van der Waals surface area contributed by atoms with Crippen molar-refractivity contribution in [1.29, 1.82) is 0 Å². The van der Waals surface area contributed by atoms with Crippen LogP contribution in [0.4, 0.5) is 0 Å². The Hall–Kier alpha value is -0.0800. The van der Waals surface area contributed by atoms with Crippen LogP contribution in [0.25, 0.3) is 0 Å². The van der Waals surface area contributed by atoms with Gasteiger partial charge in [0.1, 0.15) is 0 Å². The van der Waals surface area contributed by atoms with E-state index in [1.165, 1.54) is 51.6 Å². The lowest BCUT2D eigenvalue weighted by Crippen LogP contribution is -2.64. The van der Waals surface area contributed by atoms with Crippen molar-refractivity contribution in [2.45, 2.75) is 116 Å². The summed E-state index contributed by atoms with van der Waals surface area (Å²) >= 11 is 0. The summed E-state index contributed by atoms with van der Waals surface area (Å²) in [6.45, 7) is 22.0. The van der Waals surface area contributed by atoms with Crippen molar-refractivity contribution in [2.24, 2.45) is 0 Å². The topological polar surface area (TPSA) is 6.48 Å². The van der Waals surface area contributed by atoms with Crippen molar-refractivity contribution in [3.63, 3.8) is 0 Å². The fourth-order valence-electron chi connectivity index (χ4n) is 5.50. The molecule has 0 atom stereocenters. The van der Waals surface area contributed by atoms with Crippen LogP contribution < -0.4 is 0 Å². The summed E-state index contributed by atoms with van der Waals surface area (Å²) in [5.41, 5.74) is 1.36. The number of likely N-dealkylation sites (tertiary alicyclic amines) is 2. The standard InChI is InChI=1S/C20H40N2/c1-17(2)11-9-12-18(3,4)21(17)15-16-22-19(5,6)13-10-14-20(22,7)8/h9-16H2,1-8H3. The molecule has 2 aliphatic heterocycles. The first-order valence-corrected chi connectivity index (χ1v) is 9.44. The Kier molecular flexibility index (Phi) is 4.79.